The lowest BCUT2D eigenvalue weighted by molar-refractivity contribution is 0.341. The second-order valence-corrected chi connectivity index (χ2v) is 8.19. The van der Waals surface area contributed by atoms with Gasteiger partial charge in [0.25, 0.3) is 0 Å². The SMILES string of the molecule is Cc1cc(N)nc(NS(=O)(=O)N2CCn3c(nc4cccc(C)c43)C2)c1. The third kappa shape index (κ3) is 2.89. The van der Waals surface area contributed by atoms with Gasteiger partial charge in [0, 0.05) is 13.1 Å². The summed E-state index contributed by atoms with van der Waals surface area (Å²) in [5.41, 5.74) is 9.64. The number of hydrogen-bond acceptors (Lipinski definition) is 5. The molecule has 136 valence electrons. The highest BCUT2D eigenvalue weighted by Crippen LogP contribution is 2.25. The number of imidazole rings is 1. The Kier molecular flexibility index (Phi) is 3.85. The van der Waals surface area contributed by atoms with E-state index in [0.717, 1.165) is 28.0 Å². The van der Waals surface area contributed by atoms with Crippen molar-refractivity contribution in [2.75, 3.05) is 17.0 Å². The average molecular weight is 372 g/mol. The van der Waals surface area contributed by atoms with E-state index in [9.17, 15) is 8.42 Å². The van der Waals surface area contributed by atoms with Crippen LogP contribution in [0.3, 0.4) is 0 Å². The first-order valence-corrected chi connectivity index (χ1v) is 9.74. The molecule has 0 unspecified atom stereocenters. The van der Waals surface area contributed by atoms with Gasteiger partial charge in [-0.15, -0.1) is 0 Å². The van der Waals surface area contributed by atoms with Crippen molar-refractivity contribution in [1.82, 2.24) is 18.8 Å². The summed E-state index contributed by atoms with van der Waals surface area (Å²) in [5.74, 6) is 1.23. The van der Waals surface area contributed by atoms with Crippen LogP contribution in [0.4, 0.5) is 11.6 Å². The molecule has 3 aromatic rings. The minimum Gasteiger partial charge on any atom is -0.384 e. The van der Waals surface area contributed by atoms with Gasteiger partial charge in [-0.2, -0.15) is 12.7 Å². The maximum absolute atomic E-state index is 12.8. The van der Waals surface area contributed by atoms with E-state index in [1.165, 1.54) is 4.31 Å². The van der Waals surface area contributed by atoms with Gasteiger partial charge in [0.2, 0.25) is 0 Å². The molecule has 0 saturated carbocycles. The average Bonchev–Trinajstić information content (AvgIpc) is 2.92. The van der Waals surface area contributed by atoms with Crippen LogP contribution in [0.5, 0.6) is 0 Å². The van der Waals surface area contributed by atoms with Crippen LogP contribution in [0.25, 0.3) is 11.0 Å². The molecule has 0 amide bonds. The van der Waals surface area contributed by atoms with Crippen molar-refractivity contribution < 1.29 is 8.42 Å². The predicted octanol–water partition coefficient (Wildman–Crippen LogP) is 1.80. The maximum Gasteiger partial charge on any atom is 0.303 e. The van der Waals surface area contributed by atoms with Crippen LogP contribution in [-0.2, 0) is 23.3 Å². The Morgan fingerprint density at radius 2 is 1.96 bits per heavy atom. The molecule has 1 aliphatic rings. The van der Waals surface area contributed by atoms with Gasteiger partial charge < -0.3 is 10.3 Å². The van der Waals surface area contributed by atoms with Crippen LogP contribution in [0.1, 0.15) is 17.0 Å². The van der Waals surface area contributed by atoms with Crippen molar-refractivity contribution >= 4 is 32.9 Å². The topological polar surface area (TPSA) is 106 Å². The number of nitrogen functional groups attached to an aromatic ring is 1. The maximum atomic E-state index is 12.8. The van der Waals surface area contributed by atoms with E-state index in [-0.39, 0.29) is 18.2 Å². The van der Waals surface area contributed by atoms with Crippen molar-refractivity contribution in [1.29, 1.82) is 0 Å². The second-order valence-electron chi connectivity index (χ2n) is 6.52. The minimum absolute atomic E-state index is 0.213. The quantitative estimate of drug-likeness (QED) is 0.729. The van der Waals surface area contributed by atoms with Crippen LogP contribution in [0.15, 0.2) is 30.3 Å². The Morgan fingerprint density at radius 3 is 2.73 bits per heavy atom. The van der Waals surface area contributed by atoms with Gasteiger partial charge in [-0.05, 0) is 43.2 Å². The molecule has 9 heteroatoms. The van der Waals surface area contributed by atoms with Gasteiger partial charge in [0.15, 0.2) is 0 Å². The van der Waals surface area contributed by atoms with Gasteiger partial charge >= 0.3 is 10.2 Å². The highest BCUT2D eigenvalue weighted by Gasteiger charge is 2.29. The number of para-hydroxylation sites is 1. The van der Waals surface area contributed by atoms with Crippen molar-refractivity contribution in [2.24, 2.45) is 0 Å². The molecule has 0 spiro atoms. The predicted molar refractivity (Wildman–Crippen MR) is 101 cm³/mol. The molecule has 3 N–H and O–H groups in total. The summed E-state index contributed by atoms with van der Waals surface area (Å²) in [4.78, 5) is 8.65. The van der Waals surface area contributed by atoms with E-state index in [0.29, 0.717) is 13.1 Å². The fourth-order valence-corrected chi connectivity index (χ4v) is 4.48. The van der Waals surface area contributed by atoms with E-state index in [2.05, 4.69) is 19.3 Å². The number of nitrogens with one attached hydrogen (secondary N) is 1. The fraction of sp³-hybridized carbons (Fsp3) is 0.294. The normalized spacial score (nSPS) is 15.2. The van der Waals surface area contributed by atoms with Crippen LogP contribution in [0.2, 0.25) is 0 Å². The molecule has 1 aromatic carbocycles. The molecule has 1 aliphatic heterocycles. The lowest BCUT2D eigenvalue weighted by Crippen LogP contribution is -2.41. The standard InChI is InChI=1S/C17H20N6O2S/c1-11-8-14(18)20-15(9-11)21-26(24,25)22-6-7-23-16(10-22)19-13-5-3-4-12(2)17(13)23/h3-5,8-9H,6-7,10H2,1-2H3,(H3,18,20,21). The number of nitrogens with zero attached hydrogens (tertiary/aromatic N) is 4. The lowest BCUT2D eigenvalue weighted by Gasteiger charge is -2.27. The molecule has 2 aromatic heterocycles. The lowest BCUT2D eigenvalue weighted by atomic mass is 10.2. The van der Waals surface area contributed by atoms with Crippen LogP contribution in [0, 0.1) is 13.8 Å². The number of fused-ring (bicyclic) bond motifs is 3. The Hall–Kier alpha value is -2.65. The number of aryl methyl sites for hydroxylation is 2. The summed E-state index contributed by atoms with van der Waals surface area (Å²) >= 11 is 0. The smallest absolute Gasteiger partial charge is 0.303 e. The number of nitrogens with two attached hydrogens (primary N) is 1. The second kappa shape index (κ2) is 5.96. The third-order valence-electron chi connectivity index (χ3n) is 4.50. The summed E-state index contributed by atoms with van der Waals surface area (Å²) in [7, 11) is -3.75. The Balaban J connectivity index is 1.63. The van der Waals surface area contributed by atoms with E-state index in [1.54, 1.807) is 12.1 Å². The summed E-state index contributed by atoms with van der Waals surface area (Å²) in [6, 6.07) is 9.28. The van der Waals surface area contributed by atoms with Gasteiger partial charge in [-0.3, -0.25) is 4.72 Å². The Labute approximate surface area is 151 Å². The molecule has 8 nitrogen and oxygen atoms in total. The van der Waals surface area contributed by atoms with Gasteiger partial charge in [-0.1, -0.05) is 12.1 Å². The first kappa shape index (κ1) is 16.8. The van der Waals surface area contributed by atoms with Crippen LogP contribution < -0.4 is 10.5 Å². The monoisotopic (exact) mass is 372 g/mol. The Bertz CT molecular complexity index is 1090. The van der Waals surface area contributed by atoms with E-state index in [1.807, 2.05) is 32.0 Å². The van der Waals surface area contributed by atoms with Crippen molar-refractivity contribution in [2.45, 2.75) is 26.9 Å². The van der Waals surface area contributed by atoms with Gasteiger partial charge in [-0.25, -0.2) is 9.97 Å². The molecule has 26 heavy (non-hydrogen) atoms. The van der Waals surface area contributed by atoms with Gasteiger partial charge in [0.05, 0.1) is 17.6 Å². The molecule has 0 fully saturated rings. The molecule has 0 atom stereocenters. The molecule has 0 radical (unpaired) electrons. The number of benzene rings is 1. The Morgan fingerprint density at radius 1 is 1.15 bits per heavy atom. The van der Waals surface area contributed by atoms with Crippen molar-refractivity contribution in [3.05, 3.63) is 47.3 Å². The third-order valence-corrected chi connectivity index (χ3v) is 5.96. The zero-order chi connectivity index (χ0) is 18.5. The highest BCUT2D eigenvalue weighted by molar-refractivity contribution is 7.90. The van der Waals surface area contributed by atoms with Crippen LogP contribution in [-0.4, -0.2) is 33.8 Å². The van der Waals surface area contributed by atoms with E-state index < -0.39 is 10.2 Å². The van der Waals surface area contributed by atoms with Crippen molar-refractivity contribution in [3.8, 4) is 0 Å². The molecule has 4 rings (SSSR count). The summed E-state index contributed by atoms with van der Waals surface area (Å²) in [5, 5.41) is 0. The number of pyridine rings is 1. The van der Waals surface area contributed by atoms with Crippen molar-refractivity contribution in [3.63, 3.8) is 0 Å². The largest absolute Gasteiger partial charge is 0.384 e. The number of aromatic nitrogens is 3. The number of hydrogen-bond donors (Lipinski definition) is 2. The molecule has 0 aliphatic carbocycles. The summed E-state index contributed by atoms with van der Waals surface area (Å²) < 4.78 is 31.5. The van der Waals surface area contributed by atoms with E-state index in [4.69, 9.17) is 5.73 Å². The molecule has 0 saturated heterocycles. The summed E-state index contributed by atoms with van der Waals surface area (Å²) in [6.45, 7) is 5.01. The van der Waals surface area contributed by atoms with Gasteiger partial charge in [0.1, 0.15) is 17.5 Å². The van der Waals surface area contributed by atoms with Crippen LogP contribution >= 0.6 is 0 Å². The molecule has 0 bridgehead atoms. The zero-order valence-corrected chi connectivity index (χ0v) is 15.4. The first-order valence-electron chi connectivity index (χ1n) is 8.30. The summed E-state index contributed by atoms with van der Waals surface area (Å²) in [6.07, 6.45) is 0. The molecule has 3 heterocycles. The number of anilines is 2. The minimum atomic E-state index is -3.75. The van der Waals surface area contributed by atoms with E-state index >= 15 is 0 Å². The number of rotatable bonds is 3. The fourth-order valence-electron chi connectivity index (χ4n) is 3.37. The molecular weight excluding hydrogens is 352 g/mol. The first-order chi connectivity index (χ1) is 12.3. The highest BCUT2D eigenvalue weighted by atomic mass is 32.2. The molecular formula is C17H20N6O2S. The zero-order valence-electron chi connectivity index (χ0n) is 14.6.